The van der Waals surface area contributed by atoms with Crippen LogP contribution in [0.1, 0.15) is 31.7 Å². The predicted molar refractivity (Wildman–Crippen MR) is 82.7 cm³/mol. The third-order valence-corrected chi connectivity index (χ3v) is 4.07. The topological polar surface area (TPSA) is 58.6 Å². The number of aliphatic hydroxyl groups excluding tert-OH is 1. The third-order valence-electron chi connectivity index (χ3n) is 3.83. The Labute approximate surface area is 130 Å². The molecule has 21 heavy (non-hydrogen) atoms. The first-order valence-electron chi connectivity index (χ1n) is 7.48. The van der Waals surface area contributed by atoms with Crippen molar-refractivity contribution in [1.29, 1.82) is 0 Å². The van der Waals surface area contributed by atoms with E-state index in [9.17, 15) is 9.90 Å². The van der Waals surface area contributed by atoms with Crippen molar-refractivity contribution in [2.45, 2.75) is 38.7 Å². The lowest BCUT2D eigenvalue weighted by Crippen LogP contribution is -2.35. The van der Waals surface area contributed by atoms with Gasteiger partial charge in [-0.25, -0.2) is 0 Å². The van der Waals surface area contributed by atoms with E-state index in [1.807, 2.05) is 19.1 Å². The molecule has 1 aliphatic carbocycles. The van der Waals surface area contributed by atoms with Gasteiger partial charge in [0, 0.05) is 11.6 Å². The van der Waals surface area contributed by atoms with Crippen LogP contribution in [0.2, 0.25) is 5.02 Å². The van der Waals surface area contributed by atoms with Crippen LogP contribution in [0, 0.1) is 5.92 Å². The molecule has 1 aromatic rings. The standard InChI is InChI=1S/C16H22ClNO3/c1-2-21-15-7-6-12(17)10-11(15)8-9-18-16(20)13-4-3-5-14(13)19/h6-7,10,13-14,19H,2-5,8-9H2,1H3,(H,18,20). The number of carbonyl (C=O) groups is 1. The molecule has 2 rings (SSSR count). The van der Waals surface area contributed by atoms with Gasteiger partial charge in [0.2, 0.25) is 5.91 Å². The van der Waals surface area contributed by atoms with Gasteiger partial charge in [0.05, 0.1) is 18.6 Å². The van der Waals surface area contributed by atoms with Crippen LogP contribution in [-0.4, -0.2) is 30.3 Å². The van der Waals surface area contributed by atoms with Crippen LogP contribution >= 0.6 is 11.6 Å². The van der Waals surface area contributed by atoms with E-state index in [1.165, 1.54) is 0 Å². The maximum Gasteiger partial charge on any atom is 0.225 e. The van der Waals surface area contributed by atoms with Gasteiger partial charge >= 0.3 is 0 Å². The summed E-state index contributed by atoms with van der Waals surface area (Å²) in [6.45, 7) is 3.04. The third kappa shape index (κ3) is 4.35. The molecule has 1 aromatic carbocycles. The monoisotopic (exact) mass is 311 g/mol. The number of hydrogen-bond acceptors (Lipinski definition) is 3. The summed E-state index contributed by atoms with van der Waals surface area (Å²) in [6.07, 6.45) is 2.58. The number of carbonyl (C=O) groups excluding carboxylic acids is 1. The van der Waals surface area contributed by atoms with Gasteiger partial charge in [0.1, 0.15) is 5.75 Å². The highest BCUT2D eigenvalue weighted by Gasteiger charge is 2.31. The van der Waals surface area contributed by atoms with E-state index < -0.39 is 6.10 Å². The summed E-state index contributed by atoms with van der Waals surface area (Å²) in [6, 6.07) is 5.51. The summed E-state index contributed by atoms with van der Waals surface area (Å²) < 4.78 is 5.56. The minimum Gasteiger partial charge on any atom is -0.494 e. The molecule has 5 heteroatoms. The number of hydrogen-bond donors (Lipinski definition) is 2. The minimum atomic E-state index is -0.491. The highest BCUT2D eigenvalue weighted by molar-refractivity contribution is 6.30. The lowest BCUT2D eigenvalue weighted by Gasteiger charge is -2.15. The molecular formula is C16H22ClNO3. The number of rotatable bonds is 6. The Morgan fingerprint density at radius 1 is 1.48 bits per heavy atom. The van der Waals surface area contributed by atoms with E-state index in [0.29, 0.717) is 24.6 Å². The smallest absolute Gasteiger partial charge is 0.225 e. The zero-order chi connectivity index (χ0) is 15.2. The molecule has 0 aromatic heterocycles. The lowest BCUT2D eigenvalue weighted by atomic mass is 10.1. The molecule has 0 heterocycles. The van der Waals surface area contributed by atoms with Crippen LogP contribution in [0.4, 0.5) is 0 Å². The summed E-state index contributed by atoms with van der Waals surface area (Å²) >= 11 is 6.01. The largest absolute Gasteiger partial charge is 0.494 e. The normalized spacial score (nSPS) is 21.3. The molecule has 0 bridgehead atoms. The molecule has 2 unspecified atom stereocenters. The zero-order valence-corrected chi connectivity index (χ0v) is 13.0. The Kier molecular flexibility index (Phi) is 5.88. The number of ether oxygens (including phenoxy) is 1. The summed E-state index contributed by atoms with van der Waals surface area (Å²) in [4.78, 5) is 12.0. The minimum absolute atomic E-state index is 0.0556. The second-order valence-electron chi connectivity index (χ2n) is 5.33. The number of benzene rings is 1. The average Bonchev–Trinajstić information content (AvgIpc) is 2.88. The molecule has 0 saturated heterocycles. The SMILES string of the molecule is CCOc1ccc(Cl)cc1CCNC(=O)C1CCCC1O. The Bertz CT molecular complexity index is 492. The molecule has 1 amide bonds. The van der Waals surface area contributed by atoms with Crippen molar-refractivity contribution in [3.05, 3.63) is 28.8 Å². The Balaban J connectivity index is 1.88. The Morgan fingerprint density at radius 3 is 2.95 bits per heavy atom. The molecule has 4 nitrogen and oxygen atoms in total. The van der Waals surface area contributed by atoms with Crippen molar-refractivity contribution in [3.8, 4) is 5.75 Å². The molecular weight excluding hydrogens is 290 g/mol. The van der Waals surface area contributed by atoms with Crippen LogP contribution in [0.25, 0.3) is 0 Å². The fraction of sp³-hybridized carbons (Fsp3) is 0.562. The first-order valence-corrected chi connectivity index (χ1v) is 7.86. The highest BCUT2D eigenvalue weighted by Crippen LogP contribution is 2.26. The fourth-order valence-corrected chi connectivity index (χ4v) is 2.93. The maximum absolute atomic E-state index is 12.0. The van der Waals surface area contributed by atoms with Crippen molar-refractivity contribution in [2.24, 2.45) is 5.92 Å². The molecule has 2 N–H and O–H groups in total. The first kappa shape index (κ1) is 16.1. The summed E-state index contributed by atoms with van der Waals surface area (Å²) in [7, 11) is 0. The molecule has 1 fully saturated rings. The number of nitrogens with one attached hydrogen (secondary N) is 1. The maximum atomic E-state index is 12.0. The van der Waals surface area contributed by atoms with Crippen LogP contribution in [-0.2, 0) is 11.2 Å². The molecule has 0 spiro atoms. The van der Waals surface area contributed by atoms with Gasteiger partial charge in [-0.15, -0.1) is 0 Å². The van der Waals surface area contributed by atoms with Gasteiger partial charge in [-0.1, -0.05) is 11.6 Å². The Hall–Kier alpha value is -1.26. The second kappa shape index (κ2) is 7.66. The van der Waals surface area contributed by atoms with Crippen molar-refractivity contribution in [2.75, 3.05) is 13.2 Å². The van der Waals surface area contributed by atoms with Gasteiger partial charge in [-0.3, -0.25) is 4.79 Å². The molecule has 0 radical (unpaired) electrons. The number of amides is 1. The molecule has 0 aliphatic heterocycles. The summed E-state index contributed by atoms with van der Waals surface area (Å²) in [5.74, 6) is 0.493. The second-order valence-corrected chi connectivity index (χ2v) is 5.77. The average molecular weight is 312 g/mol. The Morgan fingerprint density at radius 2 is 2.29 bits per heavy atom. The van der Waals surface area contributed by atoms with E-state index in [2.05, 4.69) is 5.32 Å². The lowest BCUT2D eigenvalue weighted by molar-refractivity contribution is -0.127. The van der Waals surface area contributed by atoms with E-state index in [1.54, 1.807) is 6.07 Å². The summed E-state index contributed by atoms with van der Waals surface area (Å²) in [5, 5.41) is 13.3. The molecule has 116 valence electrons. The quantitative estimate of drug-likeness (QED) is 0.849. The van der Waals surface area contributed by atoms with Gasteiger partial charge < -0.3 is 15.2 Å². The van der Waals surface area contributed by atoms with Crippen molar-refractivity contribution in [1.82, 2.24) is 5.32 Å². The zero-order valence-electron chi connectivity index (χ0n) is 12.3. The van der Waals surface area contributed by atoms with Crippen molar-refractivity contribution < 1.29 is 14.6 Å². The van der Waals surface area contributed by atoms with Crippen LogP contribution in [0.15, 0.2) is 18.2 Å². The number of halogens is 1. The van der Waals surface area contributed by atoms with Crippen LogP contribution in [0.5, 0.6) is 5.75 Å². The number of aliphatic hydroxyl groups is 1. The predicted octanol–water partition coefficient (Wildman–Crippen LogP) is 2.56. The highest BCUT2D eigenvalue weighted by atomic mass is 35.5. The van der Waals surface area contributed by atoms with Gasteiger partial charge in [0.15, 0.2) is 0 Å². The van der Waals surface area contributed by atoms with Crippen LogP contribution in [0.3, 0.4) is 0 Å². The van der Waals surface area contributed by atoms with E-state index in [-0.39, 0.29) is 11.8 Å². The summed E-state index contributed by atoms with van der Waals surface area (Å²) in [5.41, 5.74) is 0.983. The van der Waals surface area contributed by atoms with E-state index >= 15 is 0 Å². The molecule has 1 aliphatic rings. The van der Waals surface area contributed by atoms with E-state index in [4.69, 9.17) is 16.3 Å². The molecule has 2 atom stereocenters. The molecule has 1 saturated carbocycles. The van der Waals surface area contributed by atoms with Crippen molar-refractivity contribution in [3.63, 3.8) is 0 Å². The fourth-order valence-electron chi connectivity index (χ4n) is 2.74. The van der Waals surface area contributed by atoms with Crippen LogP contribution < -0.4 is 10.1 Å². The van der Waals surface area contributed by atoms with Crippen molar-refractivity contribution >= 4 is 17.5 Å². The van der Waals surface area contributed by atoms with Gasteiger partial charge in [-0.2, -0.15) is 0 Å². The van der Waals surface area contributed by atoms with Gasteiger partial charge in [-0.05, 0) is 56.4 Å². The van der Waals surface area contributed by atoms with Gasteiger partial charge in [0.25, 0.3) is 0 Å². The van der Waals surface area contributed by atoms with E-state index in [0.717, 1.165) is 30.6 Å². The first-order chi connectivity index (χ1) is 10.1.